The van der Waals surface area contributed by atoms with Crippen LogP contribution in [0.5, 0.6) is 0 Å². The third-order valence-corrected chi connectivity index (χ3v) is 3.90. The van der Waals surface area contributed by atoms with Crippen molar-refractivity contribution in [3.63, 3.8) is 0 Å². The minimum atomic E-state index is -0.377. The van der Waals surface area contributed by atoms with Gasteiger partial charge in [0.1, 0.15) is 12.4 Å². The monoisotopic (exact) mass is 332 g/mol. The zero-order valence-corrected chi connectivity index (χ0v) is 14.1. The van der Waals surface area contributed by atoms with E-state index in [0.717, 1.165) is 23.5 Å². The molecule has 0 aliphatic heterocycles. The second kappa shape index (κ2) is 8.11. The lowest BCUT2D eigenvalue weighted by Gasteiger charge is -2.05. The van der Waals surface area contributed by atoms with Gasteiger partial charge in [0.2, 0.25) is 0 Å². The van der Waals surface area contributed by atoms with E-state index in [1.807, 2.05) is 60.2 Å². The zero-order chi connectivity index (χ0) is 17.5. The summed E-state index contributed by atoms with van der Waals surface area (Å²) in [5.41, 5.74) is 3.26. The van der Waals surface area contributed by atoms with Crippen molar-refractivity contribution in [2.75, 3.05) is 0 Å². The summed E-state index contributed by atoms with van der Waals surface area (Å²) in [6.45, 7) is 3.08. The fourth-order valence-electron chi connectivity index (χ4n) is 2.52. The number of carbonyl (C=O) groups is 1. The molecule has 3 aromatic rings. The first-order valence-corrected chi connectivity index (χ1v) is 8.26. The fourth-order valence-corrected chi connectivity index (χ4v) is 2.52. The maximum absolute atomic E-state index is 11.9. The fraction of sp³-hybridized carbons (Fsp3) is 0.143. The highest BCUT2D eigenvalue weighted by atomic mass is 16.5. The third-order valence-electron chi connectivity index (χ3n) is 3.90. The summed E-state index contributed by atoms with van der Waals surface area (Å²) in [6.07, 6.45) is 6.67. The highest BCUT2D eigenvalue weighted by Gasteiger charge is 2.02. The number of imidazole rings is 1. The molecule has 0 spiro atoms. The molecule has 0 atom stereocenters. The number of carbonyl (C=O) groups excluding carboxylic acids is 1. The molecule has 0 aliphatic carbocycles. The van der Waals surface area contributed by atoms with Crippen LogP contribution >= 0.6 is 0 Å². The van der Waals surface area contributed by atoms with Crippen LogP contribution in [0.1, 0.15) is 18.3 Å². The van der Waals surface area contributed by atoms with E-state index in [1.165, 1.54) is 11.6 Å². The van der Waals surface area contributed by atoms with E-state index in [0.29, 0.717) is 0 Å². The van der Waals surface area contributed by atoms with Gasteiger partial charge in [-0.1, -0.05) is 54.6 Å². The highest BCUT2D eigenvalue weighted by molar-refractivity contribution is 5.86. The second-order valence-corrected chi connectivity index (χ2v) is 5.58. The first-order chi connectivity index (χ1) is 12.3. The summed E-state index contributed by atoms with van der Waals surface area (Å²) in [6, 6.07) is 18.2. The number of benzene rings is 2. The summed E-state index contributed by atoms with van der Waals surface area (Å²) in [5.74, 6) is 0.365. The van der Waals surface area contributed by atoms with Gasteiger partial charge in [-0.25, -0.2) is 9.78 Å². The largest absolute Gasteiger partial charge is 0.458 e. The number of ether oxygens (including phenoxy) is 1. The molecule has 1 aromatic heterocycles. The first-order valence-electron chi connectivity index (χ1n) is 8.26. The van der Waals surface area contributed by atoms with Crippen molar-refractivity contribution in [1.82, 2.24) is 9.55 Å². The normalized spacial score (nSPS) is 10.9. The van der Waals surface area contributed by atoms with Gasteiger partial charge in [-0.3, -0.25) is 0 Å². The Labute approximate surface area is 147 Å². The summed E-state index contributed by atoms with van der Waals surface area (Å²) in [5, 5.41) is 0. The molecule has 0 saturated heterocycles. The van der Waals surface area contributed by atoms with Crippen molar-refractivity contribution in [1.29, 1.82) is 0 Å². The standard InChI is InChI=1S/C21H20N2O2/c1-2-23-15-14-22-20(23)12-13-21(24)25-16-17-8-10-19(11-9-17)18-6-4-3-5-7-18/h3-15H,2,16H2,1H3. The Morgan fingerprint density at radius 1 is 1.08 bits per heavy atom. The molecule has 4 heteroatoms. The first kappa shape index (κ1) is 16.7. The minimum Gasteiger partial charge on any atom is -0.458 e. The smallest absolute Gasteiger partial charge is 0.331 e. The minimum absolute atomic E-state index is 0.250. The van der Waals surface area contributed by atoms with Gasteiger partial charge in [-0.15, -0.1) is 0 Å². The molecule has 0 saturated carbocycles. The molecule has 0 N–H and O–H groups in total. The van der Waals surface area contributed by atoms with Gasteiger partial charge in [-0.2, -0.15) is 0 Å². The van der Waals surface area contributed by atoms with Crippen LogP contribution in [-0.4, -0.2) is 15.5 Å². The number of nitrogens with zero attached hydrogens (tertiary/aromatic N) is 2. The van der Waals surface area contributed by atoms with Gasteiger partial charge < -0.3 is 9.30 Å². The molecule has 0 aliphatic rings. The maximum Gasteiger partial charge on any atom is 0.331 e. The van der Waals surface area contributed by atoms with E-state index >= 15 is 0 Å². The van der Waals surface area contributed by atoms with Crippen LogP contribution in [0.2, 0.25) is 0 Å². The topological polar surface area (TPSA) is 44.1 Å². The number of hydrogen-bond acceptors (Lipinski definition) is 3. The Morgan fingerprint density at radius 2 is 1.80 bits per heavy atom. The molecule has 1 heterocycles. The van der Waals surface area contributed by atoms with Crippen LogP contribution in [0, 0.1) is 0 Å². The Morgan fingerprint density at radius 3 is 2.52 bits per heavy atom. The van der Waals surface area contributed by atoms with Crippen molar-refractivity contribution in [2.45, 2.75) is 20.1 Å². The average molecular weight is 332 g/mol. The van der Waals surface area contributed by atoms with Gasteiger partial charge in [0.15, 0.2) is 0 Å². The average Bonchev–Trinajstić information content (AvgIpc) is 3.13. The quantitative estimate of drug-likeness (QED) is 0.498. The highest BCUT2D eigenvalue weighted by Crippen LogP contribution is 2.19. The van der Waals surface area contributed by atoms with Crippen LogP contribution in [0.25, 0.3) is 17.2 Å². The Bertz CT molecular complexity index is 849. The van der Waals surface area contributed by atoms with Crippen LogP contribution in [0.15, 0.2) is 73.1 Å². The lowest BCUT2D eigenvalue weighted by Crippen LogP contribution is -2.01. The van der Waals surface area contributed by atoms with Gasteiger partial charge in [-0.05, 0) is 29.7 Å². The molecule has 4 nitrogen and oxygen atoms in total. The predicted octanol–water partition coefficient (Wildman–Crippen LogP) is 4.33. The number of aryl methyl sites for hydroxylation is 1. The van der Waals surface area contributed by atoms with Crippen molar-refractivity contribution in [3.8, 4) is 11.1 Å². The molecule has 0 bridgehead atoms. The third kappa shape index (κ3) is 4.44. The van der Waals surface area contributed by atoms with Gasteiger partial charge in [0, 0.05) is 25.0 Å². The summed E-state index contributed by atoms with van der Waals surface area (Å²) in [7, 11) is 0. The molecule has 3 rings (SSSR count). The van der Waals surface area contributed by atoms with Crippen molar-refractivity contribution >= 4 is 12.0 Å². The number of esters is 1. The van der Waals surface area contributed by atoms with Gasteiger partial charge in [0.05, 0.1) is 0 Å². The van der Waals surface area contributed by atoms with E-state index in [1.54, 1.807) is 12.3 Å². The van der Waals surface area contributed by atoms with Gasteiger partial charge in [0.25, 0.3) is 0 Å². The molecule has 2 aromatic carbocycles. The zero-order valence-electron chi connectivity index (χ0n) is 14.1. The maximum atomic E-state index is 11.9. The molecular weight excluding hydrogens is 312 g/mol. The van der Waals surface area contributed by atoms with Crippen molar-refractivity contribution in [3.05, 3.63) is 84.5 Å². The summed E-state index contributed by atoms with van der Waals surface area (Å²) >= 11 is 0. The second-order valence-electron chi connectivity index (χ2n) is 5.58. The molecular formula is C21H20N2O2. The Balaban J connectivity index is 1.55. The van der Waals surface area contributed by atoms with E-state index in [9.17, 15) is 4.79 Å². The predicted molar refractivity (Wildman–Crippen MR) is 98.6 cm³/mol. The van der Waals surface area contributed by atoms with Crippen LogP contribution in [0.4, 0.5) is 0 Å². The van der Waals surface area contributed by atoms with Crippen LogP contribution < -0.4 is 0 Å². The van der Waals surface area contributed by atoms with E-state index < -0.39 is 0 Å². The van der Waals surface area contributed by atoms with Crippen molar-refractivity contribution in [2.24, 2.45) is 0 Å². The van der Waals surface area contributed by atoms with Crippen molar-refractivity contribution < 1.29 is 9.53 Å². The Kier molecular flexibility index (Phi) is 5.42. The van der Waals surface area contributed by atoms with Gasteiger partial charge >= 0.3 is 5.97 Å². The summed E-state index contributed by atoms with van der Waals surface area (Å²) in [4.78, 5) is 16.0. The van der Waals surface area contributed by atoms with Crippen LogP contribution in [-0.2, 0) is 22.7 Å². The Hall–Kier alpha value is -3.14. The van der Waals surface area contributed by atoms with E-state index in [4.69, 9.17) is 4.74 Å². The molecule has 126 valence electrons. The molecule has 25 heavy (non-hydrogen) atoms. The number of hydrogen-bond donors (Lipinski definition) is 0. The molecule has 0 fully saturated rings. The number of rotatable bonds is 6. The number of aromatic nitrogens is 2. The molecule has 0 unspecified atom stereocenters. The lowest BCUT2D eigenvalue weighted by atomic mass is 10.0. The van der Waals surface area contributed by atoms with E-state index in [2.05, 4.69) is 17.1 Å². The lowest BCUT2D eigenvalue weighted by molar-refractivity contribution is -0.138. The summed E-state index contributed by atoms with van der Waals surface area (Å²) < 4.78 is 7.23. The van der Waals surface area contributed by atoms with E-state index in [-0.39, 0.29) is 12.6 Å². The SMILES string of the molecule is CCn1ccnc1C=CC(=O)OCc1ccc(-c2ccccc2)cc1. The van der Waals surface area contributed by atoms with Crippen LogP contribution in [0.3, 0.4) is 0 Å². The molecule has 0 radical (unpaired) electrons. The molecule has 0 amide bonds.